The summed E-state index contributed by atoms with van der Waals surface area (Å²) < 4.78 is 36.7. The summed E-state index contributed by atoms with van der Waals surface area (Å²) in [5.41, 5.74) is 0.379. The van der Waals surface area contributed by atoms with E-state index in [9.17, 15) is 22.8 Å². The van der Waals surface area contributed by atoms with Gasteiger partial charge in [-0.1, -0.05) is 0 Å². The van der Waals surface area contributed by atoms with Gasteiger partial charge in [0.15, 0.2) is 0 Å². The number of aliphatic carboxylic acids is 1. The summed E-state index contributed by atoms with van der Waals surface area (Å²) in [5.74, 6) is -3.85. The lowest BCUT2D eigenvalue weighted by Gasteiger charge is -2.15. The Hall–Kier alpha value is -1.64. The zero-order chi connectivity index (χ0) is 14.6. The molecular weight excluding hydrogens is 333 g/mol. The summed E-state index contributed by atoms with van der Waals surface area (Å²) >= 11 is 3.09. The second-order valence-corrected chi connectivity index (χ2v) is 4.49. The van der Waals surface area contributed by atoms with Crippen LogP contribution in [0.25, 0.3) is 0 Å². The van der Waals surface area contributed by atoms with Crippen LogP contribution in [0.1, 0.15) is 5.56 Å². The highest BCUT2D eigenvalue weighted by atomic mass is 79.9. The molecule has 0 aromatic carbocycles. The van der Waals surface area contributed by atoms with E-state index < -0.39 is 24.1 Å². The predicted molar refractivity (Wildman–Crippen MR) is 61.3 cm³/mol. The standard InChI is InChI=1S/C10H8BrF3N2O3/c11-6-1-5(3-15-4-6)2-7(8(17)18)16-9(19)10(12,13)14/h1,3-4,7H,2H2,(H,16,19)(H,17,18). The molecular formula is C10H8BrF3N2O3. The van der Waals surface area contributed by atoms with Crippen LogP contribution in [0, 0.1) is 0 Å². The van der Waals surface area contributed by atoms with Crippen molar-refractivity contribution in [1.29, 1.82) is 0 Å². The fraction of sp³-hybridized carbons (Fsp3) is 0.300. The zero-order valence-electron chi connectivity index (χ0n) is 9.24. The quantitative estimate of drug-likeness (QED) is 0.870. The first-order valence-electron chi connectivity index (χ1n) is 4.90. The second-order valence-electron chi connectivity index (χ2n) is 3.58. The largest absolute Gasteiger partial charge is 0.480 e. The van der Waals surface area contributed by atoms with Gasteiger partial charge < -0.3 is 10.4 Å². The first-order chi connectivity index (χ1) is 8.70. The minimum atomic E-state index is -5.12. The molecule has 5 nitrogen and oxygen atoms in total. The number of hydrogen-bond donors (Lipinski definition) is 2. The lowest BCUT2D eigenvalue weighted by molar-refractivity contribution is -0.175. The number of hydrogen-bond acceptors (Lipinski definition) is 3. The van der Waals surface area contributed by atoms with Gasteiger partial charge in [-0.05, 0) is 27.6 Å². The van der Waals surface area contributed by atoms with Crippen LogP contribution in [0.2, 0.25) is 0 Å². The minimum absolute atomic E-state index is 0.302. The van der Waals surface area contributed by atoms with Crippen molar-refractivity contribution in [2.24, 2.45) is 0 Å². The maximum absolute atomic E-state index is 12.1. The SMILES string of the molecule is O=C(O)C(Cc1cncc(Br)c1)NC(=O)C(F)(F)F. The number of carbonyl (C=O) groups excluding carboxylic acids is 1. The lowest BCUT2D eigenvalue weighted by atomic mass is 10.1. The van der Waals surface area contributed by atoms with Gasteiger partial charge in [0.1, 0.15) is 6.04 Å². The Morgan fingerprint density at radius 3 is 2.53 bits per heavy atom. The number of carbonyl (C=O) groups is 2. The normalized spacial score (nSPS) is 12.8. The average molecular weight is 341 g/mol. The van der Waals surface area contributed by atoms with Crippen molar-refractivity contribution in [2.45, 2.75) is 18.6 Å². The Morgan fingerprint density at radius 1 is 1.42 bits per heavy atom. The van der Waals surface area contributed by atoms with Crippen LogP contribution in [0.5, 0.6) is 0 Å². The molecule has 9 heteroatoms. The van der Waals surface area contributed by atoms with E-state index in [1.54, 1.807) is 0 Å². The van der Waals surface area contributed by atoms with Crippen LogP contribution in [0.3, 0.4) is 0 Å². The fourth-order valence-corrected chi connectivity index (χ4v) is 1.66. The Balaban J connectivity index is 2.80. The van der Waals surface area contributed by atoms with Gasteiger partial charge in [0.05, 0.1) is 0 Å². The molecule has 0 saturated heterocycles. The number of amides is 1. The molecule has 0 aliphatic rings. The maximum atomic E-state index is 12.1. The van der Waals surface area contributed by atoms with Crippen molar-refractivity contribution in [3.05, 3.63) is 28.5 Å². The molecule has 0 aliphatic heterocycles. The average Bonchev–Trinajstić information content (AvgIpc) is 2.26. The molecule has 0 aliphatic carbocycles. The van der Waals surface area contributed by atoms with E-state index in [-0.39, 0.29) is 6.42 Å². The van der Waals surface area contributed by atoms with Crippen molar-refractivity contribution in [3.63, 3.8) is 0 Å². The van der Waals surface area contributed by atoms with Gasteiger partial charge in [-0.15, -0.1) is 0 Å². The van der Waals surface area contributed by atoms with E-state index in [2.05, 4.69) is 20.9 Å². The Morgan fingerprint density at radius 2 is 2.05 bits per heavy atom. The molecule has 1 unspecified atom stereocenters. The topological polar surface area (TPSA) is 79.3 Å². The Labute approximate surface area is 114 Å². The number of nitrogens with one attached hydrogen (secondary N) is 1. The number of carboxylic acid groups (broad SMARTS) is 1. The third-order valence-electron chi connectivity index (χ3n) is 2.06. The summed E-state index contributed by atoms with van der Waals surface area (Å²) in [5, 5.41) is 10.2. The predicted octanol–water partition coefficient (Wildman–Crippen LogP) is 1.52. The van der Waals surface area contributed by atoms with E-state index in [4.69, 9.17) is 5.11 Å². The molecule has 1 rings (SSSR count). The molecule has 0 spiro atoms. The highest BCUT2D eigenvalue weighted by molar-refractivity contribution is 9.10. The number of aromatic nitrogens is 1. The highest BCUT2D eigenvalue weighted by Crippen LogP contribution is 2.16. The van der Waals surface area contributed by atoms with Crippen LogP contribution in [0.15, 0.2) is 22.9 Å². The van der Waals surface area contributed by atoms with Gasteiger partial charge in [-0.25, -0.2) is 4.79 Å². The van der Waals surface area contributed by atoms with Crippen LogP contribution in [-0.4, -0.2) is 34.2 Å². The molecule has 0 saturated carbocycles. The van der Waals surface area contributed by atoms with Gasteiger partial charge in [-0.2, -0.15) is 13.2 Å². The molecule has 19 heavy (non-hydrogen) atoms. The monoisotopic (exact) mass is 340 g/mol. The smallest absolute Gasteiger partial charge is 0.471 e. The summed E-state index contributed by atoms with van der Waals surface area (Å²) in [4.78, 5) is 25.3. The molecule has 0 radical (unpaired) electrons. The number of rotatable bonds is 4. The van der Waals surface area contributed by atoms with Crippen LogP contribution < -0.4 is 5.32 Å². The van der Waals surface area contributed by atoms with E-state index >= 15 is 0 Å². The summed E-state index contributed by atoms with van der Waals surface area (Å²) in [6.07, 6.45) is -2.68. The molecule has 0 fully saturated rings. The molecule has 1 heterocycles. The minimum Gasteiger partial charge on any atom is -0.480 e. The summed E-state index contributed by atoms with van der Waals surface area (Å²) in [6, 6.07) is -0.173. The van der Waals surface area contributed by atoms with Crippen molar-refractivity contribution >= 4 is 27.8 Å². The summed E-state index contributed by atoms with van der Waals surface area (Å²) in [7, 11) is 0. The number of alkyl halides is 3. The van der Waals surface area contributed by atoms with E-state index in [1.165, 1.54) is 23.8 Å². The van der Waals surface area contributed by atoms with Crippen LogP contribution in [0.4, 0.5) is 13.2 Å². The van der Waals surface area contributed by atoms with Gasteiger partial charge in [0, 0.05) is 23.3 Å². The molecule has 2 N–H and O–H groups in total. The first kappa shape index (κ1) is 15.4. The molecule has 0 bridgehead atoms. The number of halogens is 4. The highest BCUT2D eigenvalue weighted by Gasteiger charge is 2.40. The maximum Gasteiger partial charge on any atom is 0.471 e. The summed E-state index contributed by atoms with van der Waals surface area (Å²) in [6.45, 7) is 0. The van der Waals surface area contributed by atoms with Crippen molar-refractivity contribution < 1.29 is 27.9 Å². The van der Waals surface area contributed by atoms with Gasteiger partial charge in [0.2, 0.25) is 0 Å². The first-order valence-corrected chi connectivity index (χ1v) is 5.69. The van der Waals surface area contributed by atoms with Crippen LogP contribution in [-0.2, 0) is 16.0 Å². The molecule has 1 aromatic heterocycles. The van der Waals surface area contributed by atoms with E-state index in [0.717, 1.165) is 0 Å². The van der Waals surface area contributed by atoms with Crippen molar-refractivity contribution in [1.82, 2.24) is 10.3 Å². The fourth-order valence-electron chi connectivity index (χ4n) is 1.24. The molecule has 104 valence electrons. The third-order valence-corrected chi connectivity index (χ3v) is 2.50. The van der Waals surface area contributed by atoms with Gasteiger partial charge in [0.25, 0.3) is 0 Å². The number of pyridine rings is 1. The van der Waals surface area contributed by atoms with Crippen molar-refractivity contribution in [2.75, 3.05) is 0 Å². The Kier molecular flexibility index (Phi) is 4.87. The molecule has 1 atom stereocenters. The second kappa shape index (κ2) is 6.00. The van der Waals surface area contributed by atoms with Crippen molar-refractivity contribution in [3.8, 4) is 0 Å². The third kappa shape index (κ3) is 4.86. The van der Waals surface area contributed by atoms with Crippen LogP contribution >= 0.6 is 15.9 Å². The number of nitrogens with zero attached hydrogens (tertiary/aromatic N) is 1. The van der Waals surface area contributed by atoms with E-state index in [0.29, 0.717) is 10.0 Å². The zero-order valence-corrected chi connectivity index (χ0v) is 10.8. The number of carboxylic acids is 1. The Bertz CT molecular complexity index is 493. The van der Waals surface area contributed by atoms with Gasteiger partial charge >= 0.3 is 18.1 Å². The molecule has 1 aromatic rings. The van der Waals surface area contributed by atoms with Gasteiger partial charge in [-0.3, -0.25) is 9.78 Å². The van der Waals surface area contributed by atoms with E-state index in [1.807, 2.05) is 0 Å². The lowest BCUT2D eigenvalue weighted by Crippen LogP contribution is -2.47. The molecule has 1 amide bonds.